The number of nitrogens with zero attached hydrogens (tertiary/aromatic N) is 2. The molecule has 1 saturated heterocycles. The Morgan fingerprint density at radius 1 is 1.14 bits per heavy atom. The normalized spacial score (nSPS) is 17.1. The Bertz CT molecular complexity index is 1570. The number of fused-ring (bicyclic) bond motifs is 1. The van der Waals surface area contributed by atoms with Crippen molar-refractivity contribution in [3.8, 4) is 0 Å². The van der Waals surface area contributed by atoms with Crippen LogP contribution in [0.4, 0.5) is 13.2 Å². The van der Waals surface area contributed by atoms with Crippen molar-refractivity contribution < 1.29 is 21.6 Å². The summed E-state index contributed by atoms with van der Waals surface area (Å²) in [6.45, 7) is 2.55. The second kappa shape index (κ2) is 10.2. The summed E-state index contributed by atoms with van der Waals surface area (Å²) in [5.74, 6) is -0.0273. The van der Waals surface area contributed by atoms with Crippen LogP contribution in [0.15, 0.2) is 44.8 Å². The van der Waals surface area contributed by atoms with Gasteiger partial charge < -0.3 is 10.7 Å². The van der Waals surface area contributed by atoms with Crippen molar-refractivity contribution in [3.05, 3.63) is 72.9 Å². The molecule has 1 atom stereocenters. The molecule has 0 saturated carbocycles. The minimum absolute atomic E-state index is 0.00680. The van der Waals surface area contributed by atoms with Crippen LogP contribution in [0.25, 0.3) is 10.9 Å². The summed E-state index contributed by atoms with van der Waals surface area (Å²) in [6.07, 6.45) is -3.95. The second-order valence-corrected chi connectivity index (χ2v) is 11.8. The van der Waals surface area contributed by atoms with E-state index in [1.54, 1.807) is 0 Å². The minimum Gasteiger partial charge on any atom is -0.330 e. The van der Waals surface area contributed by atoms with Crippen LogP contribution in [-0.2, 0) is 29.1 Å². The fourth-order valence-electron chi connectivity index (χ4n) is 4.67. The first-order chi connectivity index (χ1) is 17.3. The van der Waals surface area contributed by atoms with Crippen LogP contribution in [0.1, 0.15) is 30.0 Å². The lowest BCUT2D eigenvalue weighted by molar-refractivity contribution is -0.138. The maximum atomic E-state index is 14.0. The predicted octanol–water partition coefficient (Wildman–Crippen LogP) is 2.98. The number of aromatic amines is 1. The molecule has 13 heteroatoms. The number of alkyl halides is 3. The summed E-state index contributed by atoms with van der Waals surface area (Å²) in [5.41, 5.74) is 2.86. The number of halogens is 4. The highest BCUT2D eigenvalue weighted by atomic mass is 35.5. The van der Waals surface area contributed by atoms with Crippen LogP contribution >= 0.6 is 11.6 Å². The van der Waals surface area contributed by atoms with Crippen molar-refractivity contribution in [2.75, 3.05) is 25.4 Å². The molecule has 0 spiro atoms. The lowest BCUT2D eigenvalue weighted by Gasteiger charge is -2.20. The second-order valence-electron chi connectivity index (χ2n) is 9.16. The summed E-state index contributed by atoms with van der Waals surface area (Å²) >= 11 is 6.02. The zero-order chi connectivity index (χ0) is 27.1. The zero-order valence-corrected chi connectivity index (χ0v) is 21.5. The maximum Gasteiger partial charge on any atom is 0.416 e. The van der Waals surface area contributed by atoms with Gasteiger partial charge in [-0.25, -0.2) is 13.2 Å². The van der Waals surface area contributed by atoms with Gasteiger partial charge in [0.1, 0.15) is 0 Å². The number of hydrogen-bond acceptors (Lipinski definition) is 6. The number of hydrogen-bond donors (Lipinski definition) is 2. The first-order valence-electron chi connectivity index (χ1n) is 11.6. The number of benzene rings is 2. The quantitative estimate of drug-likeness (QED) is 0.460. The van der Waals surface area contributed by atoms with Crippen molar-refractivity contribution in [3.63, 3.8) is 0 Å². The van der Waals surface area contributed by atoms with E-state index >= 15 is 0 Å². The molecular weight excluding hydrogens is 533 g/mol. The Balaban J connectivity index is 1.83. The van der Waals surface area contributed by atoms with E-state index in [1.807, 2.05) is 4.90 Å². The van der Waals surface area contributed by atoms with Gasteiger partial charge in [0.05, 0.1) is 33.7 Å². The summed E-state index contributed by atoms with van der Waals surface area (Å²) in [4.78, 5) is 30.4. The van der Waals surface area contributed by atoms with E-state index in [0.29, 0.717) is 24.2 Å². The molecule has 1 fully saturated rings. The van der Waals surface area contributed by atoms with Crippen LogP contribution in [0.2, 0.25) is 5.02 Å². The minimum atomic E-state index is -4.74. The summed E-state index contributed by atoms with van der Waals surface area (Å²) in [6, 6.07) is 5.90. The third-order valence-corrected chi connectivity index (χ3v) is 8.74. The molecule has 200 valence electrons. The number of H-pyrrole nitrogens is 1. The smallest absolute Gasteiger partial charge is 0.330 e. The average Bonchev–Trinajstić information content (AvgIpc) is 3.28. The molecule has 0 bridgehead atoms. The topological polar surface area (TPSA) is 118 Å². The highest BCUT2D eigenvalue weighted by Gasteiger charge is 2.35. The molecule has 2 aromatic carbocycles. The fraction of sp³-hybridized carbons (Fsp3) is 0.417. The van der Waals surface area contributed by atoms with E-state index in [-0.39, 0.29) is 50.2 Å². The maximum absolute atomic E-state index is 14.0. The van der Waals surface area contributed by atoms with Crippen molar-refractivity contribution in [1.29, 1.82) is 0 Å². The Morgan fingerprint density at radius 3 is 2.49 bits per heavy atom. The molecule has 0 aliphatic carbocycles. The Kier molecular flexibility index (Phi) is 7.57. The Hall–Kier alpha value is -2.67. The van der Waals surface area contributed by atoms with Gasteiger partial charge in [-0.15, -0.1) is 0 Å². The summed E-state index contributed by atoms with van der Waals surface area (Å²) in [5, 5.41) is -0.156. The molecule has 0 unspecified atom stereocenters. The number of rotatable bonds is 7. The van der Waals surface area contributed by atoms with E-state index in [4.69, 9.17) is 17.3 Å². The molecule has 1 aromatic heterocycles. The van der Waals surface area contributed by atoms with E-state index < -0.39 is 39.4 Å². The van der Waals surface area contributed by atoms with Gasteiger partial charge in [0.2, 0.25) is 0 Å². The molecular formula is C24H26ClF3N4O4S. The standard InChI is InChI=1S/C24H26ClF3N4O4S/c1-2-37(35,36)21-4-3-17(25)7-16(21)13-32-22(33)18-9-19(24(26,27)28)15(8-20(18)30-23(32)34)12-31-6-5-14(10-29)11-31/h3-4,7-9,14H,2,5-6,10-13,29H2,1H3,(H,30,34)/t14-/m0/s1. The molecule has 3 N–H and O–H groups in total. The number of nitrogens with one attached hydrogen (secondary N) is 1. The number of sulfone groups is 1. The van der Waals surface area contributed by atoms with Crippen LogP contribution in [0, 0.1) is 5.92 Å². The number of nitrogens with two attached hydrogens (primary N) is 1. The van der Waals surface area contributed by atoms with Gasteiger partial charge in [-0.3, -0.25) is 14.3 Å². The van der Waals surface area contributed by atoms with Gasteiger partial charge in [0.15, 0.2) is 9.84 Å². The van der Waals surface area contributed by atoms with Gasteiger partial charge >= 0.3 is 11.9 Å². The van der Waals surface area contributed by atoms with Crippen molar-refractivity contribution in [2.24, 2.45) is 11.7 Å². The molecule has 3 aromatic rings. The average molecular weight is 559 g/mol. The third kappa shape index (κ3) is 5.62. The molecule has 4 rings (SSSR count). The lowest BCUT2D eigenvalue weighted by Crippen LogP contribution is -2.36. The molecule has 1 aliphatic rings. The van der Waals surface area contributed by atoms with E-state index in [0.717, 1.165) is 12.5 Å². The van der Waals surface area contributed by atoms with Gasteiger partial charge in [0.25, 0.3) is 5.56 Å². The Morgan fingerprint density at radius 2 is 1.86 bits per heavy atom. The SMILES string of the molecule is CCS(=O)(=O)c1ccc(Cl)cc1Cn1c(=O)[nH]c2cc(CN3CC[C@@H](CN)C3)c(C(F)(F)F)cc2c1=O. The van der Waals surface area contributed by atoms with Crippen LogP contribution in [0.5, 0.6) is 0 Å². The van der Waals surface area contributed by atoms with Crippen molar-refractivity contribution in [1.82, 2.24) is 14.5 Å². The summed E-state index contributed by atoms with van der Waals surface area (Å²) < 4.78 is 67.8. The molecule has 2 heterocycles. The van der Waals surface area contributed by atoms with Crippen molar-refractivity contribution >= 4 is 32.3 Å². The van der Waals surface area contributed by atoms with Gasteiger partial charge in [-0.2, -0.15) is 13.2 Å². The molecule has 1 aliphatic heterocycles. The molecule has 0 amide bonds. The third-order valence-electron chi connectivity index (χ3n) is 6.67. The zero-order valence-electron chi connectivity index (χ0n) is 19.9. The highest BCUT2D eigenvalue weighted by Crippen LogP contribution is 2.35. The highest BCUT2D eigenvalue weighted by molar-refractivity contribution is 7.91. The largest absolute Gasteiger partial charge is 0.416 e. The predicted molar refractivity (Wildman–Crippen MR) is 135 cm³/mol. The fourth-order valence-corrected chi connectivity index (χ4v) is 5.98. The van der Waals surface area contributed by atoms with E-state index in [1.165, 1.54) is 31.2 Å². The van der Waals surface area contributed by atoms with E-state index in [2.05, 4.69) is 4.98 Å². The number of likely N-dealkylation sites (tertiary alicyclic amines) is 1. The summed E-state index contributed by atoms with van der Waals surface area (Å²) in [7, 11) is -3.73. The number of aromatic nitrogens is 2. The van der Waals surface area contributed by atoms with Gasteiger partial charge in [-0.1, -0.05) is 18.5 Å². The van der Waals surface area contributed by atoms with Gasteiger partial charge in [0, 0.05) is 18.1 Å². The lowest BCUT2D eigenvalue weighted by atomic mass is 10.0. The van der Waals surface area contributed by atoms with Crippen molar-refractivity contribution in [2.45, 2.75) is 37.5 Å². The molecule has 37 heavy (non-hydrogen) atoms. The molecule has 0 radical (unpaired) electrons. The van der Waals surface area contributed by atoms with E-state index in [9.17, 15) is 31.2 Å². The van der Waals surface area contributed by atoms with Crippen LogP contribution in [-0.4, -0.2) is 48.3 Å². The van der Waals surface area contributed by atoms with Crippen LogP contribution in [0.3, 0.4) is 0 Å². The Labute approximate surface area is 215 Å². The molecule has 8 nitrogen and oxygen atoms in total. The first-order valence-corrected chi connectivity index (χ1v) is 13.7. The monoisotopic (exact) mass is 558 g/mol. The first kappa shape index (κ1) is 27.4. The van der Waals surface area contributed by atoms with Gasteiger partial charge in [-0.05, 0) is 66.9 Å². The van der Waals surface area contributed by atoms with Crippen LogP contribution < -0.4 is 17.0 Å².